The molecule has 0 aliphatic carbocycles. The average Bonchev–Trinajstić information content (AvgIpc) is 2.33. The first kappa shape index (κ1) is 16.5. The molecule has 7 heteroatoms. The molecule has 1 rings (SSSR count). The van der Waals surface area contributed by atoms with E-state index in [4.69, 9.17) is 5.11 Å². The number of carbonyl (C=O) groups excluding carboxylic acids is 1. The number of halogens is 2. The highest BCUT2D eigenvalue weighted by atomic mass is 79.9. The topological polar surface area (TPSA) is 66.4 Å². The Kier molecular flexibility index (Phi) is 6.88. The van der Waals surface area contributed by atoms with Crippen LogP contribution in [0.25, 0.3) is 0 Å². The molecule has 0 saturated heterocycles. The van der Waals surface area contributed by atoms with Gasteiger partial charge in [0, 0.05) is 8.95 Å². The molecule has 0 aliphatic rings. The van der Waals surface area contributed by atoms with Gasteiger partial charge in [-0.1, -0.05) is 15.9 Å². The summed E-state index contributed by atoms with van der Waals surface area (Å²) in [4.78, 5) is 23.1. The van der Waals surface area contributed by atoms with Crippen LogP contribution in [0.2, 0.25) is 0 Å². The molecule has 0 heterocycles. The predicted octanol–water partition coefficient (Wildman–Crippen LogP) is 3.15. The van der Waals surface area contributed by atoms with Crippen LogP contribution in [0, 0.1) is 0 Å². The van der Waals surface area contributed by atoms with Gasteiger partial charge in [-0.3, -0.25) is 4.79 Å². The van der Waals surface area contributed by atoms with Crippen molar-refractivity contribution in [2.45, 2.75) is 12.5 Å². The molecule has 0 spiro atoms. The summed E-state index contributed by atoms with van der Waals surface area (Å²) in [5.74, 6) is -0.734. The zero-order valence-electron chi connectivity index (χ0n) is 10.2. The van der Waals surface area contributed by atoms with Crippen LogP contribution in [0.1, 0.15) is 16.8 Å². The second-order valence-electron chi connectivity index (χ2n) is 3.77. The van der Waals surface area contributed by atoms with E-state index in [-0.39, 0.29) is 0 Å². The van der Waals surface area contributed by atoms with Crippen LogP contribution in [-0.4, -0.2) is 35.0 Å². The fourth-order valence-corrected chi connectivity index (χ4v) is 3.10. The molecule has 19 heavy (non-hydrogen) atoms. The Bertz CT molecular complexity index is 482. The Labute approximate surface area is 132 Å². The van der Waals surface area contributed by atoms with Gasteiger partial charge in [0.25, 0.3) is 5.91 Å². The van der Waals surface area contributed by atoms with Gasteiger partial charge < -0.3 is 10.4 Å². The predicted molar refractivity (Wildman–Crippen MR) is 83.7 cm³/mol. The van der Waals surface area contributed by atoms with E-state index in [0.29, 0.717) is 22.2 Å². The minimum Gasteiger partial charge on any atom is -0.480 e. The maximum absolute atomic E-state index is 12.0. The molecule has 0 unspecified atom stereocenters. The van der Waals surface area contributed by atoms with Crippen molar-refractivity contribution in [2.24, 2.45) is 0 Å². The molecule has 0 aliphatic heterocycles. The number of benzene rings is 1. The average molecular weight is 411 g/mol. The van der Waals surface area contributed by atoms with Gasteiger partial charge in [0.1, 0.15) is 6.04 Å². The summed E-state index contributed by atoms with van der Waals surface area (Å²) in [6.07, 6.45) is 2.29. The molecule has 0 fully saturated rings. The highest BCUT2D eigenvalue weighted by molar-refractivity contribution is 9.11. The smallest absolute Gasteiger partial charge is 0.326 e. The van der Waals surface area contributed by atoms with E-state index in [1.54, 1.807) is 30.0 Å². The van der Waals surface area contributed by atoms with Gasteiger partial charge in [-0.15, -0.1) is 0 Å². The summed E-state index contributed by atoms with van der Waals surface area (Å²) < 4.78 is 1.46. The number of hydrogen-bond acceptors (Lipinski definition) is 3. The summed E-state index contributed by atoms with van der Waals surface area (Å²) in [5, 5.41) is 11.6. The maximum Gasteiger partial charge on any atom is 0.326 e. The van der Waals surface area contributed by atoms with Crippen LogP contribution < -0.4 is 5.32 Å². The molecule has 1 amide bonds. The quantitative estimate of drug-likeness (QED) is 0.755. The third-order valence-corrected chi connectivity index (χ3v) is 4.18. The summed E-state index contributed by atoms with van der Waals surface area (Å²) >= 11 is 8.13. The molecule has 104 valence electrons. The lowest BCUT2D eigenvalue weighted by atomic mass is 10.1. The number of amides is 1. The summed E-state index contributed by atoms with van der Waals surface area (Å²) in [6.45, 7) is 0. The van der Waals surface area contributed by atoms with Gasteiger partial charge in [-0.25, -0.2) is 4.79 Å². The zero-order valence-corrected chi connectivity index (χ0v) is 14.1. The second kappa shape index (κ2) is 7.91. The fraction of sp³-hybridized carbons (Fsp3) is 0.333. The standard InChI is InChI=1S/C12H13Br2NO3S/c1-19-5-4-10(12(17)18)15-11(16)8-3-2-7(13)6-9(8)14/h2-3,6,10H,4-5H2,1H3,(H,15,16)(H,17,18)/t10-/m1/s1. The van der Waals surface area contributed by atoms with Crippen molar-refractivity contribution < 1.29 is 14.7 Å². The van der Waals surface area contributed by atoms with Crippen LogP contribution in [0.3, 0.4) is 0 Å². The van der Waals surface area contributed by atoms with Gasteiger partial charge >= 0.3 is 5.97 Å². The first-order valence-corrected chi connectivity index (χ1v) is 8.41. The summed E-state index contributed by atoms with van der Waals surface area (Å²) in [5.41, 5.74) is 0.415. The van der Waals surface area contributed by atoms with Crippen LogP contribution >= 0.6 is 43.6 Å². The van der Waals surface area contributed by atoms with Crippen LogP contribution in [0.4, 0.5) is 0 Å². The van der Waals surface area contributed by atoms with E-state index in [1.807, 2.05) is 6.26 Å². The van der Waals surface area contributed by atoms with Crippen molar-refractivity contribution in [2.75, 3.05) is 12.0 Å². The van der Waals surface area contributed by atoms with Gasteiger partial charge in [0.15, 0.2) is 0 Å². The molecule has 0 aromatic heterocycles. The second-order valence-corrected chi connectivity index (χ2v) is 6.53. The van der Waals surface area contributed by atoms with E-state index in [2.05, 4.69) is 37.2 Å². The monoisotopic (exact) mass is 409 g/mol. The molecular formula is C12H13Br2NO3S. The number of hydrogen-bond donors (Lipinski definition) is 2. The largest absolute Gasteiger partial charge is 0.480 e. The minimum atomic E-state index is -1.02. The third-order valence-electron chi connectivity index (χ3n) is 2.39. The fourth-order valence-electron chi connectivity index (χ4n) is 1.40. The van der Waals surface area contributed by atoms with E-state index in [9.17, 15) is 9.59 Å². The van der Waals surface area contributed by atoms with Crippen molar-refractivity contribution in [1.29, 1.82) is 0 Å². The first-order chi connectivity index (χ1) is 8.95. The minimum absolute atomic E-state index is 0.395. The van der Waals surface area contributed by atoms with Gasteiger partial charge in [-0.05, 0) is 52.6 Å². The van der Waals surface area contributed by atoms with Gasteiger partial charge in [0.2, 0.25) is 0 Å². The summed E-state index contributed by atoms with van der Waals surface area (Å²) in [7, 11) is 0. The van der Waals surface area contributed by atoms with Crippen molar-refractivity contribution in [3.05, 3.63) is 32.7 Å². The maximum atomic E-state index is 12.0. The van der Waals surface area contributed by atoms with Crippen LogP contribution in [0.15, 0.2) is 27.1 Å². The number of thioether (sulfide) groups is 1. The van der Waals surface area contributed by atoms with E-state index in [0.717, 1.165) is 4.47 Å². The summed E-state index contributed by atoms with van der Waals surface area (Å²) in [6, 6.07) is 4.25. The van der Waals surface area contributed by atoms with Crippen molar-refractivity contribution in [3.63, 3.8) is 0 Å². The molecule has 2 N–H and O–H groups in total. The Morgan fingerprint density at radius 1 is 1.42 bits per heavy atom. The Morgan fingerprint density at radius 2 is 2.11 bits per heavy atom. The van der Waals surface area contributed by atoms with Crippen LogP contribution in [-0.2, 0) is 4.79 Å². The highest BCUT2D eigenvalue weighted by Gasteiger charge is 2.21. The van der Waals surface area contributed by atoms with E-state index in [1.165, 1.54) is 0 Å². The number of carboxylic acid groups (broad SMARTS) is 1. The molecule has 4 nitrogen and oxygen atoms in total. The van der Waals surface area contributed by atoms with Crippen molar-refractivity contribution in [3.8, 4) is 0 Å². The lowest BCUT2D eigenvalue weighted by molar-refractivity contribution is -0.139. The first-order valence-electron chi connectivity index (χ1n) is 5.43. The van der Waals surface area contributed by atoms with Crippen LogP contribution in [0.5, 0.6) is 0 Å². The normalized spacial score (nSPS) is 11.9. The van der Waals surface area contributed by atoms with Crippen molar-refractivity contribution >= 4 is 55.5 Å². The van der Waals surface area contributed by atoms with Gasteiger partial charge in [-0.2, -0.15) is 11.8 Å². The van der Waals surface area contributed by atoms with E-state index < -0.39 is 17.9 Å². The molecule has 1 atom stereocenters. The molecule has 1 aromatic rings. The number of rotatable bonds is 6. The molecule has 0 radical (unpaired) electrons. The Hall–Kier alpha value is -0.530. The molecular weight excluding hydrogens is 398 g/mol. The number of aliphatic carboxylic acids is 1. The molecule has 0 saturated carbocycles. The third kappa shape index (κ3) is 5.16. The van der Waals surface area contributed by atoms with E-state index >= 15 is 0 Å². The number of carboxylic acids is 1. The SMILES string of the molecule is CSCC[C@@H](NC(=O)c1ccc(Br)cc1Br)C(=O)O. The highest BCUT2D eigenvalue weighted by Crippen LogP contribution is 2.22. The molecule has 1 aromatic carbocycles. The number of nitrogens with one attached hydrogen (secondary N) is 1. The lowest BCUT2D eigenvalue weighted by Crippen LogP contribution is -2.41. The Morgan fingerprint density at radius 3 is 2.63 bits per heavy atom. The zero-order chi connectivity index (χ0) is 14.4. The Balaban J connectivity index is 2.78. The molecule has 0 bridgehead atoms. The number of carbonyl (C=O) groups is 2. The lowest BCUT2D eigenvalue weighted by Gasteiger charge is -2.14. The van der Waals surface area contributed by atoms with Crippen molar-refractivity contribution in [1.82, 2.24) is 5.32 Å². The van der Waals surface area contributed by atoms with Gasteiger partial charge in [0.05, 0.1) is 5.56 Å².